The van der Waals surface area contributed by atoms with E-state index in [2.05, 4.69) is 5.32 Å². The highest BCUT2D eigenvalue weighted by Crippen LogP contribution is 2.24. The summed E-state index contributed by atoms with van der Waals surface area (Å²) < 4.78 is 0. The van der Waals surface area contributed by atoms with Crippen LogP contribution in [0, 0.1) is 0 Å². The zero-order valence-electron chi connectivity index (χ0n) is 15.9. The SMILES string of the molecule is CCC(C)(C)NC(=O)c1ccc2c(c1)C(=O)N(CCc1ccccc1)C2=O. The van der Waals surface area contributed by atoms with Crippen molar-refractivity contribution in [1.82, 2.24) is 10.2 Å². The Hall–Kier alpha value is -2.95. The molecule has 0 aromatic heterocycles. The Bertz CT molecular complexity index is 888. The molecule has 0 saturated heterocycles. The number of carbonyl (C=O) groups is 3. The number of benzene rings is 2. The number of amides is 3. The van der Waals surface area contributed by atoms with Crippen LogP contribution in [-0.2, 0) is 6.42 Å². The number of carbonyl (C=O) groups excluding carboxylic acids is 3. The molecule has 27 heavy (non-hydrogen) atoms. The van der Waals surface area contributed by atoms with Gasteiger partial charge in [-0.2, -0.15) is 0 Å². The zero-order chi connectivity index (χ0) is 19.6. The molecule has 5 nitrogen and oxygen atoms in total. The first kappa shape index (κ1) is 18.8. The van der Waals surface area contributed by atoms with Gasteiger partial charge in [-0.3, -0.25) is 19.3 Å². The standard InChI is InChI=1S/C22H24N2O3/c1-4-22(2,3)23-19(25)16-10-11-17-18(14-16)21(27)24(20(17)26)13-12-15-8-6-5-7-9-15/h5-11,14H,4,12-13H2,1-3H3,(H,23,25). The summed E-state index contributed by atoms with van der Waals surface area (Å²) in [5.41, 5.74) is 1.78. The second-order valence-corrected chi connectivity index (χ2v) is 7.45. The third-order valence-electron chi connectivity index (χ3n) is 5.04. The molecule has 0 radical (unpaired) electrons. The van der Waals surface area contributed by atoms with Crippen molar-refractivity contribution in [2.24, 2.45) is 0 Å². The first-order valence-electron chi connectivity index (χ1n) is 9.19. The van der Waals surface area contributed by atoms with E-state index in [-0.39, 0.29) is 23.3 Å². The highest BCUT2D eigenvalue weighted by Gasteiger charge is 2.35. The molecule has 0 spiro atoms. The first-order valence-corrected chi connectivity index (χ1v) is 9.19. The molecule has 2 aromatic rings. The van der Waals surface area contributed by atoms with Crippen molar-refractivity contribution in [2.75, 3.05) is 6.54 Å². The van der Waals surface area contributed by atoms with E-state index in [1.165, 1.54) is 11.0 Å². The third-order valence-corrected chi connectivity index (χ3v) is 5.04. The van der Waals surface area contributed by atoms with Crippen LogP contribution in [-0.4, -0.2) is 34.7 Å². The van der Waals surface area contributed by atoms with Gasteiger partial charge in [0.05, 0.1) is 11.1 Å². The predicted molar refractivity (Wildman–Crippen MR) is 104 cm³/mol. The molecule has 3 rings (SSSR count). The Morgan fingerprint density at radius 1 is 1.00 bits per heavy atom. The summed E-state index contributed by atoms with van der Waals surface area (Å²) in [5, 5.41) is 2.95. The molecule has 2 aromatic carbocycles. The Morgan fingerprint density at radius 2 is 1.67 bits per heavy atom. The van der Waals surface area contributed by atoms with Crippen molar-refractivity contribution in [2.45, 2.75) is 39.2 Å². The fourth-order valence-electron chi connectivity index (χ4n) is 2.99. The minimum Gasteiger partial charge on any atom is -0.347 e. The molecule has 0 bridgehead atoms. The van der Waals surface area contributed by atoms with Crippen molar-refractivity contribution in [3.63, 3.8) is 0 Å². The Kier molecular flexibility index (Phi) is 5.13. The van der Waals surface area contributed by atoms with E-state index in [0.717, 1.165) is 12.0 Å². The number of fused-ring (bicyclic) bond motifs is 1. The lowest BCUT2D eigenvalue weighted by Gasteiger charge is -2.24. The Morgan fingerprint density at radius 3 is 2.33 bits per heavy atom. The quantitative estimate of drug-likeness (QED) is 0.799. The fourth-order valence-corrected chi connectivity index (χ4v) is 2.99. The van der Waals surface area contributed by atoms with E-state index >= 15 is 0 Å². The number of hydrogen-bond donors (Lipinski definition) is 1. The molecule has 1 N–H and O–H groups in total. The van der Waals surface area contributed by atoms with Gasteiger partial charge in [-0.05, 0) is 50.5 Å². The van der Waals surface area contributed by atoms with Crippen molar-refractivity contribution < 1.29 is 14.4 Å². The fraction of sp³-hybridized carbons (Fsp3) is 0.318. The molecule has 0 atom stereocenters. The molecule has 0 aliphatic carbocycles. The number of imide groups is 1. The number of hydrogen-bond acceptors (Lipinski definition) is 3. The van der Waals surface area contributed by atoms with Crippen LogP contribution < -0.4 is 5.32 Å². The van der Waals surface area contributed by atoms with Crippen LogP contribution in [0.2, 0.25) is 0 Å². The maximum atomic E-state index is 12.7. The van der Waals surface area contributed by atoms with Gasteiger partial charge in [-0.25, -0.2) is 0 Å². The lowest BCUT2D eigenvalue weighted by atomic mass is 10.00. The van der Waals surface area contributed by atoms with Crippen molar-refractivity contribution in [3.8, 4) is 0 Å². The molecule has 0 unspecified atom stereocenters. The molecule has 140 valence electrons. The zero-order valence-corrected chi connectivity index (χ0v) is 15.9. The molecule has 1 heterocycles. The molecular weight excluding hydrogens is 340 g/mol. The topological polar surface area (TPSA) is 66.5 Å². The second kappa shape index (κ2) is 7.35. The molecule has 0 saturated carbocycles. The second-order valence-electron chi connectivity index (χ2n) is 7.45. The number of nitrogens with zero attached hydrogens (tertiary/aromatic N) is 1. The van der Waals surface area contributed by atoms with Crippen LogP contribution in [0.4, 0.5) is 0 Å². The van der Waals surface area contributed by atoms with E-state index < -0.39 is 0 Å². The summed E-state index contributed by atoms with van der Waals surface area (Å²) in [4.78, 5) is 39.0. The molecule has 1 aliphatic heterocycles. The Balaban J connectivity index is 1.77. The van der Waals surface area contributed by atoms with Crippen LogP contribution in [0.25, 0.3) is 0 Å². The highest BCUT2D eigenvalue weighted by molar-refractivity contribution is 6.22. The first-order chi connectivity index (χ1) is 12.8. The predicted octanol–water partition coefficient (Wildman–Crippen LogP) is 3.44. The van der Waals surface area contributed by atoms with Gasteiger partial charge in [0.25, 0.3) is 17.7 Å². The number of rotatable bonds is 6. The van der Waals surface area contributed by atoms with Gasteiger partial charge in [0, 0.05) is 17.6 Å². The van der Waals surface area contributed by atoms with Crippen molar-refractivity contribution in [3.05, 3.63) is 70.8 Å². The summed E-state index contributed by atoms with van der Waals surface area (Å²) in [6.07, 6.45) is 1.39. The average Bonchev–Trinajstić information content (AvgIpc) is 2.90. The minimum atomic E-state index is -0.338. The van der Waals surface area contributed by atoms with Crippen molar-refractivity contribution >= 4 is 17.7 Å². The summed E-state index contributed by atoms with van der Waals surface area (Å²) in [6, 6.07) is 14.4. The third kappa shape index (κ3) is 3.92. The van der Waals surface area contributed by atoms with E-state index in [1.807, 2.05) is 51.1 Å². The van der Waals surface area contributed by atoms with Gasteiger partial charge in [0.2, 0.25) is 0 Å². The smallest absolute Gasteiger partial charge is 0.261 e. The van der Waals surface area contributed by atoms with Crippen molar-refractivity contribution in [1.29, 1.82) is 0 Å². The Labute approximate surface area is 159 Å². The maximum absolute atomic E-state index is 12.7. The summed E-state index contributed by atoms with van der Waals surface area (Å²) in [7, 11) is 0. The van der Waals surface area contributed by atoms with Crippen LogP contribution in [0.3, 0.4) is 0 Å². The van der Waals surface area contributed by atoms with Gasteiger partial charge < -0.3 is 5.32 Å². The molecule has 1 aliphatic rings. The van der Waals surface area contributed by atoms with Crippen LogP contribution in [0.15, 0.2) is 48.5 Å². The molecule has 3 amide bonds. The summed E-state index contributed by atoms with van der Waals surface area (Å²) in [5.74, 6) is -0.880. The van der Waals surface area contributed by atoms with E-state index in [1.54, 1.807) is 12.1 Å². The minimum absolute atomic E-state index is 0.243. The summed E-state index contributed by atoms with van der Waals surface area (Å²) >= 11 is 0. The van der Waals surface area contributed by atoms with Crippen LogP contribution in [0.5, 0.6) is 0 Å². The monoisotopic (exact) mass is 364 g/mol. The average molecular weight is 364 g/mol. The largest absolute Gasteiger partial charge is 0.347 e. The lowest BCUT2D eigenvalue weighted by Crippen LogP contribution is -2.42. The maximum Gasteiger partial charge on any atom is 0.261 e. The van der Waals surface area contributed by atoms with E-state index in [4.69, 9.17) is 0 Å². The van der Waals surface area contributed by atoms with E-state index in [9.17, 15) is 14.4 Å². The van der Waals surface area contributed by atoms with Gasteiger partial charge in [-0.1, -0.05) is 37.3 Å². The molecule has 5 heteroatoms. The lowest BCUT2D eigenvalue weighted by molar-refractivity contribution is 0.0656. The van der Waals surface area contributed by atoms with Gasteiger partial charge in [0.15, 0.2) is 0 Å². The molecule has 0 fully saturated rings. The van der Waals surface area contributed by atoms with Gasteiger partial charge in [0.1, 0.15) is 0 Å². The van der Waals surface area contributed by atoms with Crippen LogP contribution >= 0.6 is 0 Å². The highest BCUT2D eigenvalue weighted by atomic mass is 16.2. The normalized spacial score (nSPS) is 13.7. The molecular formula is C22H24N2O3. The van der Waals surface area contributed by atoms with E-state index in [0.29, 0.717) is 29.7 Å². The van der Waals surface area contributed by atoms with Gasteiger partial charge >= 0.3 is 0 Å². The van der Waals surface area contributed by atoms with Gasteiger partial charge in [-0.15, -0.1) is 0 Å². The summed E-state index contributed by atoms with van der Waals surface area (Å²) in [6.45, 7) is 6.20. The van der Waals surface area contributed by atoms with Crippen LogP contribution in [0.1, 0.15) is 63.8 Å². The number of nitrogens with one attached hydrogen (secondary N) is 1.